The van der Waals surface area contributed by atoms with Gasteiger partial charge in [-0.2, -0.15) is 0 Å². The van der Waals surface area contributed by atoms with Crippen LogP contribution in [-0.2, 0) is 0 Å². The molecule has 24 heavy (non-hydrogen) atoms. The van der Waals surface area contributed by atoms with E-state index in [2.05, 4.69) is 5.32 Å². The molecule has 0 radical (unpaired) electrons. The van der Waals surface area contributed by atoms with E-state index >= 15 is 0 Å². The van der Waals surface area contributed by atoms with Gasteiger partial charge in [-0.25, -0.2) is 0 Å². The van der Waals surface area contributed by atoms with Crippen molar-refractivity contribution in [2.24, 2.45) is 0 Å². The number of benzene rings is 2. The SMILES string of the molecule is COc1cc(NC=CC(=O)c2ccc(C)c(C)c2)c(OC)cc1Cl. The van der Waals surface area contributed by atoms with E-state index in [-0.39, 0.29) is 5.78 Å². The van der Waals surface area contributed by atoms with Crippen LogP contribution in [0, 0.1) is 13.8 Å². The Kier molecular flexibility index (Phi) is 5.88. The molecule has 2 aromatic carbocycles. The third-order valence-electron chi connectivity index (χ3n) is 3.74. The molecule has 0 aromatic heterocycles. The number of methoxy groups -OCH3 is 2. The van der Waals surface area contributed by atoms with Gasteiger partial charge in [0.1, 0.15) is 11.5 Å². The number of nitrogens with one attached hydrogen (secondary N) is 1. The first-order chi connectivity index (χ1) is 11.5. The van der Waals surface area contributed by atoms with Crippen LogP contribution in [-0.4, -0.2) is 20.0 Å². The molecule has 0 spiro atoms. The number of ketones is 1. The minimum Gasteiger partial charge on any atom is -0.495 e. The van der Waals surface area contributed by atoms with Gasteiger partial charge in [-0.15, -0.1) is 0 Å². The lowest BCUT2D eigenvalue weighted by Gasteiger charge is -2.11. The number of allylic oxidation sites excluding steroid dienone is 1. The smallest absolute Gasteiger partial charge is 0.187 e. The topological polar surface area (TPSA) is 47.6 Å². The minimum absolute atomic E-state index is 0.0782. The minimum atomic E-state index is -0.0782. The highest BCUT2D eigenvalue weighted by molar-refractivity contribution is 6.32. The van der Waals surface area contributed by atoms with Crippen molar-refractivity contribution in [2.45, 2.75) is 13.8 Å². The standard InChI is InChI=1S/C19H20ClNO3/c1-12-5-6-14(9-13(12)2)17(22)7-8-21-16-11-18(23-3)15(20)10-19(16)24-4/h5-11,21H,1-4H3. The highest BCUT2D eigenvalue weighted by Gasteiger charge is 2.09. The Labute approximate surface area is 147 Å². The summed E-state index contributed by atoms with van der Waals surface area (Å²) in [6.07, 6.45) is 3.05. The van der Waals surface area contributed by atoms with Gasteiger partial charge in [0.2, 0.25) is 0 Å². The first kappa shape index (κ1) is 17.9. The average molecular weight is 346 g/mol. The number of halogens is 1. The molecule has 0 amide bonds. The maximum atomic E-state index is 12.2. The van der Waals surface area contributed by atoms with E-state index < -0.39 is 0 Å². The maximum Gasteiger partial charge on any atom is 0.187 e. The highest BCUT2D eigenvalue weighted by atomic mass is 35.5. The zero-order chi connectivity index (χ0) is 17.7. The van der Waals surface area contributed by atoms with Gasteiger partial charge in [-0.1, -0.05) is 23.7 Å². The Morgan fingerprint density at radius 3 is 2.38 bits per heavy atom. The summed E-state index contributed by atoms with van der Waals surface area (Å²) in [5.74, 6) is 1.00. The van der Waals surface area contributed by atoms with E-state index in [1.54, 1.807) is 25.4 Å². The van der Waals surface area contributed by atoms with E-state index in [0.29, 0.717) is 27.8 Å². The molecule has 2 rings (SSSR count). The fourth-order valence-corrected chi connectivity index (χ4v) is 2.40. The third-order valence-corrected chi connectivity index (χ3v) is 4.03. The van der Waals surface area contributed by atoms with Crippen molar-refractivity contribution >= 4 is 23.1 Å². The van der Waals surface area contributed by atoms with Gasteiger partial charge in [-0.05, 0) is 31.0 Å². The fraction of sp³-hybridized carbons (Fsp3) is 0.211. The van der Waals surface area contributed by atoms with Gasteiger partial charge < -0.3 is 14.8 Å². The number of ether oxygens (including phenoxy) is 2. The van der Waals surface area contributed by atoms with Crippen molar-refractivity contribution in [1.29, 1.82) is 0 Å². The van der Waals surface area contributed by atoms with Crippen LogP contribution in [0.4, 0.5) is 5.69 Å². The Morgan fingerprint density at radius 1 is 1.04 bits per heavy atom. The van der Waals surface area contributed by atoms with Crippen molar-refractivity contribution in [3.63, 3.8) is 0 Å². The van der Waals surface area contributed by atoms with Gasteiger partial charge in [-0.3, -0.25) is 4.79 Å². The summed E-state index contributed by atoms with van der Waals surface area (Å²) in [7, 11) is 3.09. The van der Waals surface area contributed by atoms with Gasteiger partial charge in [0.05, 0.1) is 24.9 Å². The zero-order valence-corrected chi connectivity index (χ0v) is 14.9. The van der Waals surface area contributed by atoms with E-state index in [1.165, 1.54) is 13.2 Å². The number of carbonyl (C=O) groups is 1. The van der Waals surface area contributed by atoms with Crippen LogP contribution < -0.4 is 14.8 Å². The van der Waals surface area contributed by atoms with Crippen molar-refractivity contribution in [1.82, 2.24) is 0 Å². The number of rotatable bonds is 6. The number of hydrogen-bond donors (Lipinski definition) is 1. The van der Waals surface area contributed by atoms with E-state index in [0.717, 1.165) is 11.1 Å². The van der Waals surface area contributed by atoms with Crippen molar-refractivity contribution in [3.8, 4) is 11.5 Å². The molecule has 5 heteroatoms. The van der Waals surface area contributed by atoms with Gasteiger partial charge in [0.15, 0.2) is 5.78 Å². The summed E-state index contributed by atoms with van der Waals surface area (Å²) in [6, 6.07) is 9.01. The molecule has 4 nitrogen and oxygen atoms in total. The normalized spacial score (nSPS) is 10.7. The first-order valence-corrected chi connectivity index (χ1v) is 7.80. The molecule has 0 aliphatic heterocycles. The monoisotopic (exact) mass is 345 g/mol. The number of aryl methyl sites for hydroxylation is 2. The van der Waals surface area contributed by atoms with E-state index in [4.69, 9.17) is 21.1 Å². The Hall–Kier alpha value is -2.46. The molecule has 0 heterocycles. The Morgan fingerprint density at radius 2 is 1.75 bits per heavy atom. The lowest BCUT2D eigenvalue weighted by molar-refractivity contribution is 0.104. The summed E-state index contributed by atoms with van der Waals surface area (Å²) in [6.45, 7) is 4.00. The molecule has 0 saturated carbocycles. The van der Waals surface area contributed by atoms with Crippen LogP contribution in [0.1, 0.15) is 21.5 Å². The predicted molar refractivity (Wildman–Crippen MR) is 97.6 cm³/mol. The summed E-state index contributed by atoms with van der Waals surface area (Å²) in [5, 5.41) is 3.48. The Balaban J connectivity index is 2.16. The van der Waals surface area contributed by atoms with Crippen LogP contribution in [0.15, 0.2) is 42.6 Å². The number of hydrogen-bond acceptors (Lipinski definition) is 4. The lowest BCUT2D eigenvalue weighted by atomic mass is 10.0. The number of carbonyl (C=O) groups excluding carboxylic acids is 1. The zero-order valence-electron chi connectivity index (χ0n) is 14.1. The second-order valence-electron chi connectivity index (χ2n) is 5.33. The second kappa shape index (κ2) is 7.88. The fourth-order valence-electron chi connectivity index (χ4n) is 2.17. The maximum absolute atomic E-state index is 12.2. The van der Waals surface area contributed by atoms with Gasteiger partial charge >= 0.3 is 0 Å². The quantitative estimate of drug-likeness (QED) is 0.604. The summed E-state index contributed by atoms with van der Waals surface area (Å²) < 4.78 is 10.5. The molecule has 2 aromatic rings. The second-order valence-corrected chi connectivity index (χ2v) is 5.74. The average Bonchev–Trinajstić information content (AvgIpc) is 2.57. The van der Waals surface area contributed by atoms with Gasteiger partial charge in [0, 0.05) is 30.0 Å². The predicted octanol–water partition coefficient (Wildman–Crippen LogP) is 4.78. The molecular formula is C19H20ClNO3. The van der Waals surface area contributed by atoms with Crippen molar-refractivity contribution in [3.05, 3.63) is 64.3 Å². The summed E-state index contributed by atoms with van der Waals surface area (Å²) in [5.41, 5.74) is 3.55. The van der Waals surface area contributed by atoms with E-state index in [9.17, 15) is 4.79 Å². The molecule has 0 fully saturated rings. The first-order valence-electron chi connectivity index (χ1n) is 7.42. The molecule has 0 aliphatic carbocycles. The summed E-state index contributed by atoms with van der Waals surface area (Å²) in [4.78, 5) is 12.2. The molecule has 0 bridgehead atoms. The third kappa shape index (κ3) is 4.09. The van der Waals surface area contributed by atoms with Crippen molar-refractivity contribution in [2.75, 3.05) is 19.5 Å². The largest absolute Gasteiger partial charge is 0.495 e. The molecule has 1 N–H and O–H groups in total. The van der Waals surface area contributed by atoms with Gasteiger partial charge in [0.25, 0.3) is 0 Å². The van der Waals surface area contributed by atoms with Crippen LogP contribution in [0.3, 0.4) is 0 Å². The van der Waals surface area contributed by atoms with E-state index in [1.807, 2.05) is 32.0 Å². The molecule has 0 unspecified atom stereocenters. The molecule has 0 aliphatic rings. The lowest BCUT2D eigenvalue weighted by Crippen LogP contribution is -1.99. The molecule has 0 saturated heterocycles. The van der Waals surface area contributed by atoms with Crippen LogP contribution in [0.5, 0.6) is 11.5 Å². The van der Waals surface area contributed by atoms with Crippen LogP contribution >= 0.6 is 11.6 Å². The molecule has 0 atom stereocenters. The van der Waals surface area contributed by atoms with Crippen LogP contribution in [0.25, 0.3) is 0 Å². The number of anilines is 1. The highest BCUT2D eigenvalue weighted by Crippen LogP contribution is 2.35. The molecular weight excluding hydrogens is 326 g/mol. The summed E-state index contributed by atoms with van der Waals surface area (Å²) >= 11 is 6.07. The van der Waals surface area contributed by atoms with Crippen LogP contribution in [0.2, 0.25) is 5.02 Å². The molecule has 126 valence electrons. The van der Waals surface area contributed by atoms with Crippen molar-refractivity contribution < 1.29 is 14.3 Å². The Bertz CT molecular complexity index is 784.